The monoisotopic (exact) mass is 395 g/mol. The van der Waals surface area contributed by atoms with Gasteiger partial charge in [0, 0.05) is 31.5 Å². The molecule has 1 amide bonds. The number of amides is 1. The van der Waals surface area contributed by atoms with Crippen LogP contribution in [0.15, 0.2) is 78.0 Å². The summed E-state index contributed by atoms with van der Waals surface area (Å²) in [5, 5.41) is 2.77. The Balaban J connectivity index is 1.80. The molecular formula is C21H21N3O3S. The molecule has 3 rings (SSSR count). The third-order valence-corrected chi connectivity index (χ3v) is 6.08. The summed E-state index contributed by atoms with van der Waals surface area (Å²) in [7, 11) is -2.29. The second-order valence-electron chi connectivity index (χ2n) is 6.38. The van der Waals surface area contributed by atoms with Gasteiger partial charge in [-0.1, -0.05) is 24.3 Å². The molecule has 0 aliphatic carbocycles. The van der Waals surface area contributed by atoms with Gasteiger partial charge >= 0.3 is 0 Å². The van der Waals surface area contributed by atoms with Gasteiger partial charge in [-0.3, -0.25) is 14.1 Å². The lowest BCUT2D eigenvalue weighted by molar-refractivity contribution is 0.0950. The molecule has 1 aromatic heterocycles. The minimum absolute atomic E-state index is 0.0607. The van der Waals surface area contributed by atoms with Crippen LogP contribution in [-0.2, 0) is 16.6 Å². The molecule has 0 aliphatic rings. The molecule has 0 spiro atoms. The summed E-state index contributed by atoms with van der Waals surface area (Å²) in [5.74, 6) is -0.348. The number of carbonyl (C=O) groups excluding carboxylic acids is 1. The minimum Gasteiger partial charge on any atom is -0.348 e. The van der Waals surface area contributed by atoms with E-state index in [9.17, 15) is 13.2 Å². The van der Waals surface area contributed by atoms with Crippen LogP contribution in [0.4, 0.5) is 5.69 Å². The van der Waals surface area contributed by atoms with Gasteiger partial charge in [-0.2, -0.15) is 0 Å². The van der Waals surface area contributed by atoms with Crippen LogP contribution in [0.1, 0.15) is 21.5 Å². The number of nitrogens with zero attached hydrogens (tertiary/aromatic N) is 2. The van der Waals surface area contributed by atoms with Crippen LogP contribution >= 0.6 is 0 Å². The summed E-state index contributed by atoms with van der Waals surface area (Å²) in [6, 6.07) is 16.9. The number of nitrogens with one attached hydrogen (secondary N) is 1. The highest BCUT2D eigenvalue weighted by atomic mass is 32.2. The van der Waals surface area contributed by atoms with Crippen molar-refractivity contribution >= 4 is 21.6 Å². The number of hydrogen-bond acceptors (Lipinski definition) is 4. The van der Waals surface area contributed by atoms with Crippen molar-refractivity contribution in [2.24, 2.45) is 0 Å². The van der Waals surface area contributed by atoms with Crippen LogP contribution in [0, 0.1) is 6.92 Å². The van der Waals surface area contributed by atoms with E-state index in [4.69, 9.17) is 0 Å². The van der Waals surface area contributed by atoms with Crippen molar-refractivity contribution in [2.75, 3.05) is 11.4 Å². The molecule has 7 heteroatoms. The first-order valence-electron chi connectivity index (χ1n) is 8.71. The number of anilines is 1. The number of benzene rings is 2. The van der Waals surface area contributed by atoms with E-state index in [0.717, 1.165) is 11.1 Å². The van der Waals surface area contributed by atoms with Crippen molar-refractivity contribution in [2.45, 2.75) is 18.4 Å². The first-order valence-corrected chi connectivity index (χ1v) is 10.1. The maximum atomic E-state index is 13.0. The lowest BCUT2D eigenvalue weighted by Gasteiger charge is -2.20. The van der Waals surface area contributed by atoms with Gasteiger partial charge in [0.15, 0.2) is 0 Å². The highest BCUT2D eigenvalue weighted by Gasteiger charge is 2.22. The number of rotatable bonds is 6. The van der Waals surface area contributed by atoms with Gasteiger partial charge in [-0.15, -0.1) is 0 Å². The maximum Gasteiger partial charge on any atom is 0.264 e. The normalized spacial score (nSPS) is 11.1. The zero-order valence-corrected chi connectivity index (χ0v) is 16.5. The Kier molecular flexibility index (Phi) is 5.75. The largest absolute Gasteiger partial charge is 0.348 e. The molecule has 3 aromatic rings. The Hall–Kier alpha value is -3.19. The molecule has 0 aliphatic heterocycles. The van der Waals surface area contributed by atoms with Gasteiger partial charge in [-0.05, 0) is 54.4 Å². The standard InChI is InChI=1S/C21H21N3O3S/c1-16-6-3-9-19(12-16)24(2)28(26,27)20-10-4-8-18(13-20)21(25)23-15-17-7-5-11-22-14-17/h3-14H,15H2,1-2H3,(H,23,25). The lowest BCUT2D eigenvalue weighted by Crippen LogP contribution is -2.27. The SMILES string of the molecule is Cc1cccc(N(C)S(=O)(=O)c2cccc(C(=O)NCc3cccnc3)c2)c1. The molecule has 0 radical (unpaired) electrons. The van der Waals surface area contributed by atoms with Crippen LogP contribution in [0.5, 0.6) is 0 Å². The van der Waals surface area contributed by atoms with Gasteiger partial charge in [-0.25, -0.2) is 8.42 Å². The Morgan fingerprint density at radius 2 is 1.86 bits per heavy atom. The summed E-state index contributed by atoms with van der Waals surface area (Å²) in [6.45, 7) is 2.21. The van der Waals surface area contributed by atoms with Crippen LogP contribution in [0.3, 0.4) is 0 Å². The van der Waals surface area contributed by atoms with Crippen molar-refractivity contribution in [3.05, 3.63) is 89.7 Å². The molecule has 2 aromatic carbocycles. The first kappa shape index (κ1) is 19.6. The van der Waals surface area contributed by atoms with E-state index >= 15 is 0 Å². The minimum atomic E-state index is -3.79. The fourth-order valence-electron chi connectivity index (χ4n) is 2.71. The summed E-state index contributed by atoms with van der Waals surface area (Å²) in [4.78, 5) is 16.5. The van der Waals surface area contributed by atoms with E-state index < -0.39 is 10.0 Å². The van der Waals surface area contributed by atoms with Crippen LogP contribution in [0.2, 0.25) is 0 Å². The predicted octanol–water partition coefficient (Wildman–Crippen LogP) is 3.15. The maximum absolute atomic E-state index is 13.0. The van der Waals surface area contributed by atoms with Gasteiger partial charge < -0.3 is 5.32 Å². The van der Waals surface area contributed by atoms with Crippen LogP contribution in [0.25, 0.3) is 0 Å². The molecule has 0 unspecified atom stereocenters. The number of carbonyl (C=O) groups is 1. The topological polar surface area (TPSA) is 79.4 Å². The van der Waals surface area contributed by atoms with E-state index in [2.05, 4.69) is 10.3 Å². The van der Waals surface area contributed by atoms with Gasteiger partial charge in [0.1, 0.15) is 0 Å². The zero-order valence-electron chi connectivity index (χ0n) is 15.7. The van der Waals surface area contributed by atoms with E-state index in [0.29, 0.717) is 12.2 Å². The molecule has 144 valence electrons. The number of aromatic nitrogens is 1. The number of aryl methyl sites for hydroxylation is 1. The van der Waals surface area contributed by atoms with Crippen molar-refractivity contribution in [1.82, 2.24) is 10.3 Å². The molecule has 0 atom stereocenters. The first-order chi connectivity index (χ1) is 13.4. The van der Waals surface area contributed by atoms with Crippen molar-refractivity contribution in [3.63, 3.8) is 0 Å². The van der Waals surface area contributed by atoms with E-state index in [1.54, 1.807) is 48.8 Å². The number of sulfonamides is 1. The van der Waals surface area contributed by atoms with Crippen molar-refractivity contribution < 1.29 is 13.2 Å². The zero-order chi connectivity index (χ0) is 20.1. The molecule has 1 heterocycles. The quantitative estimate of drug-likeness (QED) is 0.695. The van der Waals surface area contributed by atoms with Crippen molar-refractivity contribution in [3.8, 4) is 0 Å². The Bertz CT molecular complexity index is 1080. The lowest BCUT2D eigenvalue weighted by atomic mass is 10.2. The second kappa shape index (κ2) is 8.22. The summed E-state index contributed by atoms with van der Waals surface area (Å²) in [6.07, 6.45) is 3.32. The second-order valence-corrected chi connectivity index (χ2v) is 8.35. The fourth-order valence-corrected chi connectivity index (χ4v) is 3.94. The Labute approximate surface area is 164 Å². The van der Waals surface area contributed by atoms with Crippen LogP contribution in [-0.4, -0.2) is 26.4 Å². The van der Waals surface area contributed by atoms with Crippen molar-refractivity contribution in [1.29, 1.82) is 0 Å². The molecule has 0 saturated carbocycles. The smallest absolute Gasteiger partial charge is 0.264 e. The molecule has 1 N–H and O–H groups in total. The predicted molar refractivity (Wildman–Crippen MR) is 109 cm³/mol. The van der Waals surface area contributed by atoms with E-state index in [-0.39, 0.29) is 16.4 Å². The van der Waals surface area contributed by atoms with Gasteiger partial charge in [0.25, 0.3) is 15.9 Å². The highest BCUT2D eigenvalue weighted by molar-refractivity contribution is 7.92. The summed E-state index contributed by atoms with van der Waals surface area (Å²) >= 11 is 0. The average Bonchev–Trinajstić information content (AvgIpc) is 2.72. The van der Waals surface area contributed by atoms with Gasteiger partial charge in [0.05, 0.1) is 10.6 Å². The third kappa shape index (κ3) is 4.37. The van der Waals surface area contributed by atoms with Crippen LogP contribution < -0.4 is 9.62 Å². The van der Waals surface area contributed by atoms with E-state index in [1.165, 1.54) is 23.5 Å². The summed E-state index contributed by atoms with van der Waals surface area (Å²) < 4.78 is 27.2. The fraction of sp³-hybridized carbons (Fsp3) is 0.143. The molecule has 0 saturated heterocycles. The number of hydrogen-bond donors (Lipinski definition) is 1. The molecule has 28 heavy (non-hydrogen) atoms. The molecular weight excluding hydrogens is 374 g/mol. The number of pyridine rings is 1. The van der Waals surface area contributed by atoms with E-state index in [1.807, 2.05) is 19.1 Å². The molecule has 0 fully saturated rings. The Morgan fingerprint density at radius 1 is 1.07 bits per heavy atom. The summed E-state index contributed by atoms with van der Waals surface area (Å²) in [5.41, 5.74) is 2.66. The molecule has 0 bridgehead atoms. The Morgan fingerprint density at radius 3 is 2.57 bits per heavy atom. The highest BCUT2D eigenvalue weighted by Crippen LogP contribution is 2.23. The average molecular weight is 395 g/mol. The third-order valence-electron chi connectivity index (χ3n) is 4.30. The van der Waals surface area contributed by atoms with Gasteiger partial charge in [0.2, 0.25) is 0 Å². The molecule has 6 nitrogen and oxygen atoms in total.